The summed E-state index contributed by atoms with van der Waals surface area (Å²) in [5.41, 5.74) is 0.454. The van der Waals surface area contributed by atoms with Crippen LogP contribution in [0, 0.1) is 10.1 Å². The van der Waals surface area contributed by atoms with E-state index in [4.69, 9.17) is 16.7 Å². The van der Waals surface area contributed by atoms with Gasteiger partial charge < -0.3 is 15.1 Å². The number of rotatable bonds is 9. The first-order valence-corrected chi connectivity index (χ1v) is 10.6. The smallest absolute Gasteiger partial charge is 0.303 e. The Labute approximate surface area is 194 Å². The molecule has 1 saturated heterocycles. The van der Waals surface area contributed by atoms with Gasteiger partial charge in [0, 0.05) is 35.7 Å². The monoisotopic (exact) mass is 472 g/mol. The number of carbonyl (C=O) groups excluding carboxylic acids is 2. The zero-order chi connectivity index (χ0) is 24.1. The van der Waals surface area contributed by atoms with E-state index in [2.05, 4.69) is 0 Å². The van der Waals surface area contributed by atoms with Gasteiger partial charge in [0.2, 0.25) is 0 Å². The molecule has 2 N–H and O–H groups in total. The average Bonchev–Trinajstić information content (AvgIpc) is 3.03. The van der Waals surface area contributed by atoms with E-state index in [-0.39, 0.29) is 30.0 Å². The van der Waals surface area contributed by atoms with Crippen molar-refractivity contribution in [3.63, 3.8) is 0 Å². The number of aliphatic carboxylic acids is 1. The van der Waals surface area contributed by atoms with Crippen LogP contribution in [0.3, 0.4) is 0 Å². The van der Waals surface area contributed by atoms with E-state index < -0.39 is 28.6 Å². The Morgan fingerprint density at radius 2 is 1.64 bits per heavy atom. The van der Waals surface area contributed by atoms with E-state index in [1.807, 2.05) is 0 Å². The Kier molecular flexibility index (Phi) is 7.44. The van der Waals surface area contributed by atoms with Crippen molar-refractivity contribution in [2.75, 3.05) is 6.54 Å². The molecule has 1 heterocycles. The third kappa shape index (κ3) is 5.38. The summed E-state index contributed by atoms with van der Waals surface area (Å²) in [6.07, 6.45) is 1.40. The van der Waals surface area contributed by atoms with Crippen LogP contribution in [0.4, 0.5) is 5.69 Å². The molecule has 0 aromatic heterocycles. The molecule has 1 amide bonds. The second-order valence-corrected chi connectivity index (χ2v) is 7.99. The second kappa shape index (κ2) is 10.3. The first-order chi connectivity index (χ1) is 15.7. The summed E-state index contributed by atoms with van der Waals surface area (Å²) >= 11 is 5.90. The molecule has 3 rings (SSSR count). The van der Waals surface area contributed by atoms with E-state index >= 15 is 0 Å². The van der Waals surface area contributed by atoms with Gasteiger partial charge in [0.05, 0.1) is 16.5 Å². The number of benzene rings is 2. The highest BCUT2D eigenvalue weighted by atomic mass is 35.5. The van der Waals surface area contributed by atoms with Gasteiger partial charge in [0.25, 0.3) is 17.4 Å². The fourth-order valence-electron chi connectivity index (χ4n) is 3.73. The lowest BCUT2D eigenvalue weighted by Crippen LogP contribution is -2.30. The van der Waals surface area contributed by atoms with Gasteiger partial charge in [-0.25, -0.2) is 0 Å². The maximum atomic E-state index is 12.9. The first-order valence-electron chi connectivity index (χ1n) is 10.2. The van der Waals surface area contributed by atoms with Crippen LogP contribution in [0.1, 0.15) is 42.9 Å². The summed E-state index contributed by atoms with van der Waals surface area (Å²) in [7, 11) is 0. The highest BCUT2D eigenvalue weighted by molar-refractivity contribution is 6.46. The van der Waals surface area contributed by atoms with Crippen LogP contribution in [0.2, 0.25) is 5.02 Å². The van der Waals surface area contributed by atoms with Crippen LogP contribution >= 0.6 is 11.6 Å². The number of carboxylic acid groups (broad SMARTS) is 1. The lowest BCUT2D eigenvalue weighted by atomic mass is 9.95. The summed E-state index contributed by atoms with van der Waals surface area (Å²) in [5.74, 6) is -2.95. The number of carbonyl (C=O) groups is 3. The van der Waals surface area contributed by atoms with E-state index in [0.29, 0.717) is 35.4 Å². The molecule has 172 valence electrons. The number of unbranched alkanes of at least 4 members (excludes halogenated alkanes) is 2. The van der Waals surface area contributed by atoms with Crippen LogP contribution in [0.5, 0.6) is 0 Å². The molecule has 1 aliphatic rings. The highest BCUT2D eigenvalue weighted by Crippen LogP contribution is 2.40. The first kappa shape index (κ1) is 23.9. The summed E-state index contributed by atoms with van der Waals surface area (Å²) < 4.78 is 0. The lowest BCUT2D eigenvalue weighted by Gasteiger charge is -2.25. The largest absolute Gasteiger partial charge is 0.507 e. The van der Waals surface area contributed by atoms with Crippen LogP contribution in [-0.4, -0.2) is 44.2 Å². The Balaban J connectivity index is 1.99. The van der Waals surface area contributed by atoms with Crippen LogP contribution in [0.25, 0.3) is 5.76 Å². The maximum Gasteiger partial charge on any atom is 0.303 e. The third-order valence-corrected chi connectivity index (χ3v) is 5.62. The molecule has 0 saturated carbocycles. The fourth-order valence-corrected chi connectivity index (χ4v) is 3.86. The molecule has 1 unspecified atom stereocenters. The Morgan fingerprint density at radius 1 is 1.00 bits per heavy atom. The van der Waals surface area contributed by atoms with Gasteiger partial charge in [-0.2, -0.15) is 0 Å². The number of hydrogen-bond donors (Lipinski definition) is 2. The normalized spacial score (nSPS) is 17.4. The molecule has 0 radical (unpaired) electrons. The van der Waals surface area contributed by atoms with Gasteiger partial charge in [0.1, 0.15) is 5.76 Å². The lowest BCUT2D eigenvalue weighted by molar-refractivity contribution is -0.384. The van der Waals surface area contributed by atoms with Gasteiger partial charge in [-0.15, -0.1) is 0 Å². The third-order valence-electron chi connectivity index (χ3n) is 5.37. The van der Waals surface area contributed by atoms with Crippen molar-refractivity contribution in [1.82, 2.24) is 4.90 Å². The van der Waals surface area contributed by atoms with Gasteiger partial charge >= 0.3 is 5.97 Å². The molecule has 0 aliphatic carbocycles. The Morgan fingerprint density at radius 3 is 2.21 bits per heavy atom. The number of nitro benzene ring substituents is 1. The molecular weight excluding hydrogens is 452 g/mol. The van der Waals surface area contributed by atoms with Gasteiger partial charge in [-0.05, 0) is 54.8 Å². The standard InChI is InChI=1S/C23H21ClN2O7/c24-16-9-5-15(6-10-16)21(29)19-20(14-7-11-17(12-8-14)26(32)33)25(23(31)22(19)30)13-3-1-2-4-18(27)28/h5-12,20,29H,1-4,13H2,(H,27,28)/b21-19+. The minimum Gasteiger partial charge on any atom is -0.507 e. The molecule has 9 nitrogen and oxygen atoms in total. The zero-order valence-corrected chi connectivity index (χ0v) is 18.2. The van der Waals surface area contributed by atoms with Crippen molar-refractivity contribution in [3.05, 3.63) is 80.4 Å². The molecule has 2 aromatic carbocycles. The molecular formula is C23H21ClN2O7. The van der Waals surface area contributed by atoms with Crippen molar-refractivity contribution in [2.45, 2.75) is 31.7 Å². The average molecular weight is 473 g/mol. The second-order valence-electron chi connectivity index (χ2n) is 7.55. The fraction of sp³-hybridized carbons (Fsp3) is 0.261. The number of amides is 1. The number of ketones is 1. The highest BCUT2D eigenvalue weighted by Gasteiger charge is 2.45. The molecule has 2 aromatic rings. The molecule has 0 bridgehead atoms. The van der Waals surface area contributed by atoms with Gasteiger partial charge in [-0.1, -0.05) is 18.0 Å². The molecule has 1 aliphatic heterocycles. The molecule has 1 atom stereocenters. The van der Waals surface area contributed by atoms with E-state index in [0.717, 1.165) is 0 Å². The minimum atomic E-state index is -0.944. The van der Waals surface area contributed by atoms with Gasteiger partial charge in [0.15, 0.2) is 0 Å². The predicted molar refractivity (Wildman–Crippen MR) is 120 cm³/mol. The van der Waals surface area contributed by atoms with Crippen molar-refractivity contribution < 1.29 is 29.5 Å². The Hall–Kier alpha value is -3.72. The molecule has 33 heavy (non-hydrogen) atoms. The van der Waals surface area contributed by atoms with Crippen molar-refractivity contribution in [1.29, 1.82) is 0 Å². The summed E-state index contributed by atoms with van der Waals surface area (Å²) in [6, 6.07) is 10.6. The Bertz CT molecular complexity index is 1110. The number of aliphatic hydroxyl groups is 1. The topological polar surface area (TPSA) is 138 Å². The zero-order valence-electron chi connectivity index (χ0n) is 17.4. The number of non-ortho nitro benzene ring substituents is 1. The van der Waals surface area contributed by atoms with Crippen molar-refractivity contribution in [2.24, 2.45) is 0 Å². The minimum absolute atomic E-state index is 0.00116. The van der Waals surface area contributed by atoms with Crippen LogP contribution in [0.15, 0.2) is 54.1 Å². The quantitative estimate of drug-likeness (QED) is 0.138. The van der Waals surface area contributed by atoms with Crippen molar-refractivity contribution >= 4 is 40.7 Å². The number of likely N-dealkylation sites (tertiary alicyclic amines) is 1. The number of nitrogens with zero attached hydrogens (tertiary/aromatic N) is 2. The van der Waals surface area contributed by atoms with Crippen LogP contribution in [-0.2, 0) is 14.4 Å². The number of carboxylic acids is 1. The summed E-state index contributed by atoms with van der Waals surface area (Å²) in [5, 5.41) is 31.2. The summed E-state index contributed by atoms with van der Waals surface area (Å²) in [4.78, 5) is 48.2. The molecule has 10 heteroatoms. The van der Waals surface area contributed by atoms with E-state index in [1.165, 1.54) is 53.4 Å². The number of nitro groups is 1. The van der Waals surface area contributed by atoms with E-state index in [9.17, 15) is 29.6 Å². The van der Waals surface area contributed by atoms with Crippen molar-refractivity contribution in [3.8, 4) is 0 Å². The van der Waals surface area contributed by atoms with Gasteiger partial charge in [-0.3, -0.25) is 24.5 Å². The summed E-state index contributed by atoms with van der Waals surface area (Å²) in [6.45, 7) is 0.156. The predicted octanol–water partition coefficient (Wildman–Crippen LogP) is 4.31. The van der Waals surface area contributed by atoms with E-state index in [1.54, 1.807) is 0 Å². The van der Waals surface area contributed by atoms with Crippen LogP contribution < -0.4 is 0 Å². The molecule has 1 fully saturated rings. The number of Topliss-reactive ketones (excluding diaryl/α,β-unsaturated/α-hetero) is 1. The molecule has 0 spiro atoms. The number of halogens is 1. The number of aliphatic hydroxyl groups excluding tert-OH is 1. The number of hydrogen-bond acceptors (Lipinski definition) is 6. The SMILES string of the molecule is O=C(O)CCCCCN1C(=O)C(=O)/C(=C(/O)c2ccc(Cl)cc2)C1c1ccc([N+](=O)[O-])cc1. The maximum absolute atomic E-state index is 12.9.